The normalized spacial score (nSPS) is 14.9. The van der Waals surface area contributed by atoms with Gasteiger partial charge in [-0.3, -0.25) is 5.41 Å². The van der Waals surface area contributed by atoms with Crippen molar-refractivity contribution < 1.29 is 24.5 Å². The highest BCUT2D eigenvalue weighted by molar-refractivity contribution is 5.89. The van der Waals surface area contributed by atoms with E-state index in [0.717, 1.165) is 13.1 Å². The average Bonchev–Trinajstić information content (AvgIpc) is 2.28. The predicted molar refractivity (Wildman–Crippen MR) is 58.7 cm³/mol. The third-order valence-corrected chi connectivity index (χ3v) is 1.72. The van der Waals surface area contributed by atoms with Gasteiger partial charge in [0.25, 0.3) is 0 Å². The van der Waals surface area contributed by atoms with Crippen LogP contribution in [-0.2, 0) is 14.3 Å². The number of morpholine rings is 1. The van der Waals surface area contributed by atoms with Crippen LogP contribution in [0.5, 0.6) is 0 Å². The lowest BCUT2D eigenvalue weighted by Crippen LogP contribution is -2.44. The van der Waals surface area contributed by atoms with Crippen molar-refractivity contribution in [3.63, 3.8) is 0 Å². The van der Waals surface area contributed by atoms with Crippen LogP contribution in [0.1, 0.15) is 0 Å². The average molecular weight is 245 g/mol. The predicted octanol–water partition coefficient (Wildman–Crippen LogP) is -1.08. The van der Waals surface area contributed by atoms with Crippen molar-refractivity contribution in [2.24, 2.45) is 5.73 Å². The first-order chi connectivity index (χ1) is 7.93. The van der Waals surface area contributed by atoms with Crippen molar-refractivity contribution in [2.45, 2.75) is 0 Å². The van der Waals surface area contributed by atoms with Gasteiger partial charge in [-0.1, -0.05) is 0 Å². The van der Waals surface area contributed by atoms with Gasteiger partial charge in [0.1, 0.15) is 0 Å². The van der Waals surface area contributed by atoms with Crippen LogP contribution in [-0.4, -0.2) is 59.3 Å². The largest absolute Gasteiger partial charge is 0.478 e. The molecule has 8 heteroatoms. The van der Waals surface area contributed by atoms with Gasteiger partial charge in [0, 0.05) is 25.2 Å². The quantitative estimate of drug-likeness (QED) is 0.276. The fourth-order valence-electron chi connectivity index (χ4n) is 0.947. The number of carboxylic acids is 2. The number of carbonyl (C=O) groups is 2. The summed E-state index contributed by atoms with van der Waals surface area (Å²) in [5.41, 5.74) is 5.22. The van der Waals surface area contributed by atoms with Gasteiger partial charge in [-0.05, 0) is 0 Å². The van der Waals surface area contributed by atoms with E-state index in [9.17, 15) is 9.59 Å². The molecule has 0 atom stereocenters. The first-order valence-electron chi connectivity index (χ1n) is 4.74. The molecular formula is C9H15N3O5. The number of nitrogens with one attached hydrogen (secondary N) is 1. The maximum absolute atomic E-state index is 9.55. The highest BCUT2D eigenvalue weighted by atomic mass is 16.5. The lowest BCUT2D eigenvalue weighted by Gasteiger charge is -2.26. The van der Waals surface area contributed by atoms with E-state index in [0.29, 0.717) is 25.4 Å². The minimum atomic E-state index is -1.26. The summed E-state index contributed by atoms with van der Waals surface area (Å²) in [5, 5.41) is 22.7. The van der Waals surface area contributed by atoms with Gasteiger partial charge < -0.3 is 25.6 Å². The Balaban J connectivity index is 0.000000304. The molecule has 1 fully saturated rings. The zero-order valence-corrected chi connectivity index (χ0v) is 9.13. The van der Waals surface area contributed by atoms with Crippen LogP contribution in [0, 0.1) is 5.41 Å². The van der Waals surface area contributed by atoms with E-state index in [1.165, 1.54) is 0 Å². The smallest absolute Gasteiger partial charge is 0.328 e. The van der Waals surface area contributed by atoms with Crippen LogP contribution in [0.15, 0.2) is 12.2 Å². The molecule has 96 valence electrons. The van der Waals surface area contributed by atoms with Gasteiger partial charge in [-0.15, -0.1) is 0 Å². The lowest BCUT2D eigenvalue weighted by molar-refractivity contribution is -0.134. The monoisotopic (exact) mass is 245 g/mol. The molecule has 0 saturated carbocycles. The van der Waals surface area contributed by atoms with Crippen LogP contribution in [0.4, 0.5) is 0 Å². The number of hydrogen-bond donors (Lipinski definition) is 4. The van der Waals surface area contributed by atoms with Crippen molar-refractivity contribution in [1.29, 1.82) is 5.41 Å². The molecule has 5 N–H and O–H groups in total. The van der Waals surface area contributed by atoms with Gasteiger partial charge in [-0.25, -0.2) is 9.59 Å². The Morgan fingerprint density at radius 1 is 1.18 bits per heavy atom. The van der Waals surface area contributed by atoms with Gasteiger partial charge in [-0.2, -0.15) is 0 Å². The van der Waals surface area contributed by atoms with E-state index in [1.807, 2.05) is 0 Å². The van der Waals surface area contributed by atoms with E-state index < -0.39 is 11.9 Å². The Kier molecular flexibility index (Phi) is 7.11. The summed E-state index contributed by atoms with van der Waals surface area (Å²) >= 11 is 0. The van der Waals surface area contributed by atoms with Crippen LogP contribution in [0.3, 0.4) is 0 Å². The van der Waals surface area contributed by atoms with E-state index in [2.05, 4.69) is 0 Å². The van der Waals surface area contributed by atoms with Gasteiger partial charge in [0.2, 0.25) is 0 Å². The zero-order chi connectivity index (χ0) is 13.3. The number of carboxylic acid groups (broad SMARTS) is 2. The molecule has 1 aliphatic heterocycles. The molecule has 8 nitrogen and oxygen atoms in total. The van der Waals surface area contributed by atoms with Crippen LogP contribution in [0.25, 0.3) is 0 Å². The van der Waals surface area contributed by atoms with Crippen LogP contribution < -0.4 is 5.73 Å². The van der Waals surface area contributed by atoms with Crippen molar-refractivity contribution in [3.05, 3.63) is 12.2 Å². The van der Waals surface area contributed by atoms with E-state index in [-0.39, 0.29) is 5.96 Å². The fraction of sp³-hybridized carbons (Fsp3) is 0.444. The summed E-state index contributed by atoms with van der Waals surface area (Å²) in [5.74, 6) is -2.36. The summed E-state index contributed by atoms with van der Waals surface area (Å²) in [6.45, 7) is 2.91. The number of nitrogens with zero attached hydrogens (tertiary/aromatic N) is 1. The number of guanidine groups is 1. The molecule has 0 aromatic heterocycles. The van der Waals surface area contributed by atoms with E-state index in [4.69, 9.17) is 26.1 Å². The highest BCUT2D eigenvalue weighted by Gasteiger charge is 2.09. The highest BCUT2D eigenvalue weighted by Crippen LogP contribution is 1.93. The maximum Gasteiger partial charge on any atom is 0.328 e. The number of ether oxygens (including phenoxy) is 1. The number of rotatable bonds is 2. The molecule has 1 rings (SSSR count). The molecule has 0 aromatic carbocycles. The van der Waals surface area contributed by atoms with Crippen LogP contribution in [0.2, 0.25) is 0 Å². The molecule has 0 aromatic rings. The third-order valence-electron chi connectivity index (χ3n) is 1.72. The van der Waals surface area contributed by atoms with Crippen molar-refractivity contribution in [1.82, 2.24) is 4.90 Å². The van der Waals surface area contributed by atoms with Crippen molar-refractivity contribution in [2.75, 3.05) is 26.3 Å². The molecule has 0 bridgehead atoms. The third kappa shape index (κ3) is 8.88. The lowest BCUT2D eigenvalue weighted by atomic mass is 10.4. The molecular weight excluding hydrogens is 230 g/mol. The molecule has 1 heterocycles. The summed E-state index contributed by atoms with van der Waals surface area (Å²) < 4.78 is 5.06. The van der Waals surface area contributed by atoms with E-state index in [1.54, 1.807) is 4.90 Å². The Labute approximate surface area is 97.8 Å². The maximum atomic E-state index is 9.55. The number of nitrogens with two attached hydrogens (primary N) is 1. The van der Waals surface area contributed by atoms with Gasteiger partial charge in [0.15, 0.2) is 5.96 Å². The van der Waals surface area contributed by atoms with Crippen molar-refractivity contribution in [3.8, 4) is 0 Å². The second-order valence-electron chi connectivity index (χ2n) is 2.99. The summed E-state index contributed by atoms with van der Waals surface area (Å²) in [6, 6.07) is 0. The molecule has 1 aliphatic rings. The van der Waals surface area contributed by atoms with Gasteiger partial charge >= 0.3 is 11.9 Å². The second-order valence-corrected chi connectivity index (χ2v) is 2.99. The molecule has 0 spiro atoms. The summed E-state index contributed by atoms with van der Waals surface area (Å²) in [6.07, 6.45) is 1.12. The Morgan fingerprint density at radius 2 is 1.59 bits per heavy atom. The Bertz CT molecular complexity index is 294. The molecule has 17 heavy (non-hydrogen) atoms. The minimum Gasteiger partial charge on any atom is -0.478 e. The topological polar surface area (TPSA) is 137 Å². The van der Waals surface area contributed by atoms with Crippen molar-refractivity contribution >= 4 is 17.9 Å². The molecule has 0 aliphatic carbocycles. The second kappa shape index (κ2) is 8.11. The fourth-order valence-corrected chi connectivity index (χ4v) is 0.947. The van der Waals surface area contributed by atoms with Crippen LogP contribution >= 0.6 is 0 Å². The zero-order valence-electron chi connectivity index (χ0n) is 9.13. The minimum absolute atomic E-state index is 0.151. The molecule has 0 radical (unpaired) electrons. The first-order valence-corrected chi connectivity index (χ1v) is 4.74. The standard InChI is InChI=1S/C5H11N3O.C4H4O4/c6-5(7)8-1-3-9-4-2-8;5-3(6)1-2-4(7)8/h1-4H2,(H3,6,7);1-2H,(H,5,6)(H,7,8)/b;2-1+. The number of aliphatic carboxylic acids is 2. The molecule has 0 unspecified atom stereocenters. The molecule has 1 saturated heterocycles. The number of hydrogen-bond acceptors (Lipinski definition) is 4. The first kappa shape index (κ1) is 14.9. The summed E-state index contributed by atoms with van der Waals surface area (Å²) in [4.78, 5) is 20.9. The Morgan fingerprint density at radius 3 is 1.82 bits per heavy atom. The summed E-state index contributed by atoms with van der Waals surface area (Å²) in [7, 11) is 0. The molecule has 0 amide bonds. The van der Waals surface area contributed by atoms with E-state index >= 15 is 0 Å². The van der Waals surface area contributed by atoms with Gasteiger partial charge in [0.05, 0.1) is 13.2 Å². The SMILES string of the molecule is N=C(N)N1CCOCC1.O=C(O)/C=C/C(=O)O. The Hall–Kier alpha value is -2.09.